The third kappa shape index (κ3) is 14.7. The van der Waals surface area contributed by atoms with Crippen LogP contribution in [0.1, 0.15) is 75.6 Å². The number of hydrogen-bond donors (Lipinski definition) is 9. The minimum absolute atomic E-state index is 0.0376. The number of aliphatic imine (C=N–C) groups is 1. The summed E-state index contributed by atoms with van der Waals surface area (Å²) < 4.78 is 0. The Hall–Kier alpha value is -7.61. The number of carbonyl (C=O) groups excluding carboxylic acids is 8. The van der Waals surface area contributed by atoms with Crippen molar-refractivity contribution in [3.05, 3.63) is 113 Å². The number of likely N-dealkylation sites (tertiary alicyclic amines) is 1. The van der Waals surface area contributed by atoms with E-state index in [1.165, 1.54) is 24.9 Å². The molecule has 1 aromatic heterocycles. The molecule has 1 aliphatic carbocycles. The molecular weight excluding hydrogens is 944 g/mol. The molecule has 8 amide bonds. The molecule has 0 radical (unpaired) electrons. The van der Waals surface area contributed by atoms with Gasteiger partial charge in [0.1, 0.15) is 41.8 Å². The largest absolute Gasteiger partial charge is 0.370 e. The highest BCUT2D eigenvalue weighted by Gasteiger charge is 2.48. The molecule has 72 heavy (non-hydrogen) atoms. The average Bonchev–Trinajstić information content (AvgIpc) is 3.84. The molecule has 0 unspecified atom stereocenters. The lowest BCUT2D eigenvalue weighted by molar-refractivity contribution is -0.145. The van der Waals surface area contributed by atoms with Gasteiger partial charge in [0.15, 0.2) is 5.96 Å². The van der Waals surface area contributed by atoms with Crippen LogP contribution >= 0.6 is 11.6 Å². The van der Waals surface area contributed by atoms with Crippen molar-refractivity contribution in [1.82, 2.24) is 41.8 Å². The average molecular weight is 1010 g/mol. The third-order valence-electron chi connectivity index (χ3n) is 12.9. The molecule has 2 fully saturated rings. The highest BCUT2D eigenvalue weighted by Crippen LogP contribution is 2.33. The van der Waals surface area contributed by atoms with Gasteiger partial charge in [-0.05, 0) is 98.0 Å². The Balaban J connectivity index is 1.24. The van der Waals surface area contributed by atoms with Crippen LogP contribution in [0.2, 0.25) is 5.02 Å². The molecule has 0 bridgehead atoms. The molecule has 20 nitrogen and oxygen atoms in total. The van der Waals surface area contributed by atoms with Crippen molar-refractivity contribution < 1.29 is 38.4 Å². The van der Waals surface area contributed by atoms with Crippen molar-refractivity contribution in [2.75, 3.05) is 13.1 Å². The summed E-state index contributed by atoms with van der Waals surface area (Å²) in [4.78, 5) is 120. The van der Waals surface area contributed by atoms with E-state index in [1.807, 2.05) is 42.5 Å². The van der Waals surface area contributed by atoms with E-state index in [-0.39, 0.29) is 64.0 Å². The predicted molar refractivity (Wildman–Crippen MR) is 270 cm³/mol. The standard InChI is InChI=1S/C51H63ClN12O8/c1-30(43(53)66)58-47(70)42-14-8-25-64(42)48(71)38(13-7-24-57-50(54)55)62-49(72)51(21-9-22-51)63-46(69)41(29-37-12-5-6-23-56-37)61-45(68)40(27-32-16-19-36(52)20-17-32)60-44(67)39(59-31(2)65)28-33-15-18-34-10-3-4-11-35(34)26-33/h3-6,10-12,15-20,23,26,30,38-42H,7-9,13-14,21-22,24-25,27-29H2,1-2H3,(H2,53,66)(H,58,70)(H,59,65)(H,60,67)(H,61,68)(H,62,72)(H,63,69)(H4,54,55,57)/t30-,38+,39-,40-,41-,42+/m1/s1. The Labute approximate surface area is 422 Å². The summed E-state index contributed by atoms with van der Waals surface area (Å²) in [7, 11) is 0. The zero-order valence-corrected chi connectivity index (χ0v) is 41.1. The maximum absolute atomic E-state index is 14.6. The number of amides is 8. The van der Waals surface area contributed by atoms with Gasteiger partial charge in [-0.2, -0.15) is 0 Å². The van der Waals surface area contributed by atoms with Crippen molar-refractivity contribution in [3.8, 4) is 0 Å². The lowest BCUT2D eigenvalue weighted by atomic mass is 9.75. The molecular formula is C51H63ClN12O8. The van der Waals surface area contributed by atoms with Crippen molar-refractivity contribution in [2.45, 2.75) is 120 Å². The number of halogens is 1. The second-order valence-corrected chi connectivity index (χ2v) is 18.8. The van der Waals surface area contributed by atoms with Crippen molar-refractivity contribution in [3.63, 3.8) is 0 Å². The van der Waals surface area contributed by atoms with Crippen LogP contribution < -0.4 is 49.1 Å². The first-order chi connectivity index (χ1) is 34.4. The molecule has 3 aromatic carbocycles. The number of hydrogen-bond acceptors (Lipinski definition) is 10. The number of fused-ring (bicyclic) bond motifs is 1. The number of rotatable bonds is 23. The fourth-order valence-corrected chi connectivity index (χ4v) is 8.93. The van der Waals surface area contributed by atoms with Crippen molar-refractivity contribution in [2.24, 2.45) is 22.2 Å². The SMILES string of the molecule is CC(=O)N[C@H](Cc1ccc2ccccc2c1)C(=O)N[C@H](Cc1ccc(Cl)cc1)C(=O)N[C@H](Cc1ccccn1)C(=O)NC1(C(=O)N[C@@H](CCCN=C(N)N)C(=O)N2CCC[C@H]2C(=O)N[C@H](C)C(N)=O)CCC1. The number of primary amides is 1. The normalized spacial score (nSPS) is 16.8. The van der Waals surface area contributed by atoms with Crippen LogP contribution in [0.15, 0.2) is 96.1 Å². The highest BCUT2D eigenvalue weighted by atomic mass is 35.5. The summed E-state index contributed by atoms with van der Waals surface area (Å²) in [6.07, 6.45) is 3.54. The monoisotopic (exact) mass is 1010 g/mol. The minimum Gasteiger partial charge on any atom is -0.370 e. The summed E-state index contributed by atoms with van der Waals surface area (Å²) in [5.74, 6) is -5.26. The molecule has 1 saturated carbocycles. The summed E-state index contributed by atoms with van der Waals surface area (Å²) >= 11 is 6.20. The highest BCUT2D eigenvalue weighted by molar-refractivity contribution is 6.30. The summed E-state index contributed by atoms with van der Waals surface area (Å²) in [5.41, 5.74) is 16.8. The number of carbonyl (C=O) groups is 8. The van der Waals surface area contributed by atoms with Gasteiger partial charge in [-0.25, -0.2) is 0 Å². The fraction of sp³-hybridized carbons (Fsp3) is 0.412. The van der Waals surface area contributed by atoms with E-state index in [2.05, 4.69) is 41.9 Å². The Bertz CT molecular complexity index is 2640. The maximum Gasteiger partial charge on any atom is 0.246 e. The number of aromatic nitrogens is 1. The molecule has 382 valence electrons. The number of nitrogens with zero attached hydrogens (tertiary/aromatic N) is 3. The molecule has 2 heterocycles. The lowest BCUT2D eigenvalue weighted by Gasteiger charge is -2.42. The second kappa shape index (κ2) is 25.0. The molecule has 4 aromatic rings. The molecule has 1 saturated heterocycles. The number of nitrogens with one attached hydrogen (secondary N) is 6. The van der Waals surface area contributed by atoms with E-state index in [1.54, 1.807) is 42.5 Å². The van der Waals surface area contributed by atoms with Gasteiger partial charge < -0.3 is 54.0 Å². The first kappa shape index (κ1) is 53.7. The Morgan fingerprint density at radius 1 is 0.736 bits per heavy atom. The maximum atomic E-state index is 14.6. The Morgan fingerprint density at radius 3 is 2.00 bits per heavy atom. The van der Waals surface area contributed by atoms with E-state index < -0.39 is 89.0 Å². The van der Waals surface area contributed by atoms with Gasteiger partial charge in [0, 0.05) is 56.2 Å². The summed E-state index contributed by atoms with van der Waals surface area (Å²) in [5, 5.41) is 19.1. The molecule has 6 atom stereocenters. The molecule has 2 aliphatic rings. The third-order valence-corrected chi connectivity index (χ3v) is 13.1. The van der Waals surface area contributed by atoms with Crippen LogP contribution in [0.3, 0.4) is 0 Å². The first-order valence-electron chi connectivity index (χ1n) is 24.0. The Kier molecular flexibility index (Phi) is 18.6. The smallest absolute Gasteiger partial charge is 0.246 e. The van der Waals surface area contributed by atoms with E-state index in [0.717, 1.165) is 16.3 Å². The van der Waals surface area contributed by atoms with Crippen LogP contribution in [-0.4, -0.2) is 118 Å². The van der Waals surface area contributed by atoms with Crippen LogP contribution in [0.4, 0.5) is 0 Å². The van der Waals surface area contributed by atoms with Gasteiger partial charge in [-0.3, -0.25) is 48.3 Å². The Morgan fingerprint density at radius 2 is 1.38 bits per heavy atom. The number of nitrogens with two attached hydrogens (primary N) is 3. The van der Waals surface area contributed by atoms with Crippen molar-refractivity contribution in [1.29, 1.82) is 0 Å². The van der Waals surface area contributed by atoms with Crippen LogP contribution in [0.25, 0.3) is 10.8 Å². The quantitative estimate of drug-likeness (QED) is 0.0286. The van der Waals surface area contributed by atoms with Gasteiger partial charge in [0.05, 0.1) is 0 Å². The van der Waals surface area contributed by atoms with Gasteiger partial charge in [-0.15, -0.1) is 0 Å². The number of benzene rings is 3. The first-order valence-corrected chi connectivity index (χ1v) is 24.4. The molecule has 0 spiro atoms. The van der Waals surface area contributed by atoms with Gasteiger partial charge in [0.2, 0.25) is 47.3 Å². The van der Waals surface area contributed by atoms with Gasteiger partial charge in [-0.1, -0.05) is 72.3 Å². The van der Waals surface area contributed by atoms with E-state index >= 15 is 0 Å². The van der Waals surface area contributed by atoms with Crippen LogP contribution in [0.5, 0.6) is 0 Å². The van der Waals surface area contributed by atoms with E-state index in [9.17, 15) is 38.4 Å². The second-order valence-electron chi connectivity index (χ2n) is 18.3. The number of pyridine rings is 1. The predicted octanol–water partition coefficient (Wildman–Crippen LogP) is 0.949. The van der Waals surface area contributed by atoms with Crippen LogP contribution in [0, 0.1) is 0 Å². The van der Waals surface area contributed by atoms with E-state index in [4.69, 9.17) is 28.8 Å². The minimum atomic E-state index is -1.51. The molecule has 6 rings (SSSR count). The van der Waals surface area contributed by atoms with E-state index in [0.29, 0.717) is 35.5 Å². The topological polar surface area (TPSA) is 315 Å². The fourth-order valence-electron chi connectivity index (χ4n) is 8.81. The zero-order valence-electron chi connectivity index (χ0n) is 40.3. The summed E-state index contributed by atoms with van der Waals surface area (Å²) in [6, 6.07) is 18.4. The molecule has 1 aliphatic heterocycles. The van der Waals surface area contributed by atoms with Crippen molar-refractivity contribution >= 4 is 75.6 Å². The lowest BCUT2D eigenvalue weighted by Crippen LogP contribution is -2.68. The van der Waals surface area contributed by atoms with Gasteiger partial charge >= 0.3 is 0 Å². The zero-order chi connectivity index (χ0) is 52.0. The van der Waals surface area contributed by atoms with Crippen LogP contribution in [-0.2, 0) is 57.6 Å². The summed E-state index contributed by atoms with van der Waals surface area (Å²) in [6.45, 7) is 3.07. The number of guanidine groups is 1. The van der Waals surface area contributed by atoms with Gasteiger partial charge in [0.25, 0.3) is 0 Å². The molecule has 21 heteroatoms. The molecule has 12 N–H and O–H groups in total.